The number of halogens is 1. The third kappa shape index (κ3) is 1.63. The van der Waals surface area contributed by atoms with Gasteiger partial charge in [0, 0.05) is 0 Å². The van der Waals surface area contributed by atoms with Crippen LogP contribution in [0.25, 0.3) is 5.69 Å². The average Bonchev–Trinajstić information content (AvgIpc) is 2.50. The lowest BCUT2D eigenvalue weighted by Crippen LogP contribution is -2.18. The van der Waals surface area contributed by atoms with Crippen molar-refractivity contribution in [2.75, 3.05) is 0 Å². The maximum absolute atomic E-state index is 11.3. The summed E-state index contributed by atoms with van der Waals surface area (Å²) in [6, 6.07) is 1.67. The largest absolute Gasteiger partial charge is 0.365 e. The van der Waals surface area contributed by atoms with Crippen molar-refractivity contribution in [2.45, 2.75) is 13.8 Å². The highest BCUT2D eigenvalue weighted by atomic mass is 35.5. The summed E-state index contributed by atoms with van der Waals surface area (Å²) in [7, 11) is 0. The van der Waals surface area contributed by atoms with Crippen molar-refractivity contribution in [2.24, 2.45) is 0 Å². The summed E-state index contributed by atoms with van der Waals surface area (Å²) >= 11 is 5.78. The van der Waals surface area contributed by atoms with Crippen LogP contribution in [0.4, 0.5) is 0 Å². The number of H-pyrrole nitrogens is 1. The summed E-state index contributed by atoms with van der Waals surface area (Å²) < 4.78 is 1.16. The summed E-state index contributed by atoms with van der Waals surface area (Å²) in [4.78, 5) is 15.4. The Balaban J connectivity index is 2.74. The van der Waals surface area contributed by atoms with Gasteiger partial charge in [0.25, 0.3) is 0 Å². The first kappa shape index (κ1) is 9.85. The Morgan fingerprint density at radius 2 is 2.20 bits per heavy atom. The zero-order valence-corrected chi connectivity index (χ0v) is 8.91. The second kappa shape index (κ2) is 3.47. The molecule has 2 aromatic rings. The quantitative estimate of drug-likeness (QED) is 0.722. The van der Waals surface area contributed by atoms with E-state index in [0.717, 1.165) is 10.2 Å². The second-order valence-corrected chi connectivity index (χ2v) is 3.50. The van der Waals surface area contributed by atoms with Crippen LogP contribution in [0.5, 0.6) is 0 Å². The molecule has 0 spiro atoms. The molecule has 2 heterocycles. The number of nitrogens with zero attached hydrogens (tertiary/aromatic N) is 4. The molecule has 1 N–H and O–H groups in total. The summed E-state index contributed by atoms with van der Waals surface area (Å²) in [5.41, 5.74) is 1.67. The van der Waals surface area contributed by atoms with E-state index in [1.54, 1.807) is 13.0 Å². The fourth-order valence-corrected chi connectivity index (χ4v) is 1.73. The minimum atomic E-state index is -0.398. The van der Waals surface area contributed by atoms with Gasteiger partial charge in [-0.1, -0.05) is 11.6 Å². The number of aromatic nitrogens is 5. The van der Waals surface area contributed by atoms with E-state index in [2.05, 4.69) is 20.5 Å². The van der Waals surface area contributed by atoms with E-state index in [0.29, 0.717) is 16.5 Å². The first-order valence-corrected chi connectivity index (χ1v) is 4.62. The molecule has 15 heavy (non-hydrogen) atoms. The topological polar surface area (TPSA) is 76.5 Å². The van der Waals surface area contributed by atoms with Gasteiger partial charge in [-0.2, -0.15) is 4.68 Å². The van der Waals surface area contributed by atoms with Crippen LogP contribution >= 0.6 is 11.6 Å². The Kier molecular flexibility index (Phi) is 2.28. The third-order valence-electron chi connectivity index (χ3n) is 2.01. The average molecular weight is 226 g/mol. The van der Waals surface area contributed by atoms with E-state index in [4.69, 9.17) is 11.6 Å². The van der Waals surface area contributed by atoms with Gasteiger partial charge in [-0.25, -0.2) is 14.9 Å². The minimum Gasteiger partial charge on any atom is -0.244 e. The molecule has 0 aliphatic carbocycles. The Hall–Kier alpha value is -1.69. The molecule has 0 aliphatic rings. The molecule has 2 rings (SSSR count). The number of nitrogens with one attached hydrogen (secondary N) is 1. The molecular weight excluding hydrogens is 218 g/mol. The molecule has 0 aromatic carbocycles. The molecule has 0 saturated carbocycles. The molecule has 0 unspecified atom stereocenters. The molecule has 0 saturated heterocycles. The van der Waals surface area contributed by atoms with Crippen LogP contribution in [0.1, 0.15) is 11.3 Å². The summed E-state index contributed by atoms with van der Waals surface area (Å²) in [6.07, 6.45) is 0. The zero-order chi connectivity index (χ0) is 11.0. The summed E-state index contributed by atoms with van der Waals surface area (Å²) in [6.45, 7) is 3.59. The fourth-order valence-electron chi connectivity index (χ4n) is 1.44. The monoisotopic (exact) mass is 225 g/mol. The van der Waals surface area contributed by atoms with Gasteiger partial charge in [0.2, 0.25) is 0 Å². The fraction of sp³-hybridized carbons (Fsp3) is 0.250. The van der Waals surface area contributed by atoms with Crippen LogP contribution in [-0.4, -0.2) is 25.2 Å². The Labute approximate surface area is 89.9 Å². The summed E-state index contributed by atoms with van der Waals surface area (Å²) in [5.74, 6) is 0. The van der Waals surface area contributed by atoms with E-state index in [9.17, 15) is 4.79 Å². The van der Waals surface area contributed by atoms with Crippen LogP contribution in [0, 0.1) is 13.8 Å². The highest BCUT2D eigenvalue weighted by Crippen LogP contribution is 2.18. The number of rotatable bonds is 1. The van der Waals surface area contributed by atoms with Gasteiger partial charge in [0.1, 0.15) is 5.15 Å². The smallest absolute Gasteiger partial charge is 0.244 e. The van der Waals surface area contributed by atoms with Gasteiger partial charge in [0.15, 0.2) is 0 Å². The molecule has 0 radical (unpaired) electrons. The highest BCUT2D eigenvalue weighted by Gasteiger charge is 2.11. The van der Waals surface area contributed by atoms with Crippen molar-refractivity contribution in [3.05, 3.63) is 33.0 Å². The van der Waals surface area contributed by atoms with Gasteiger partial charge in [0.05, 0.1) is 11.4 Å². The molecule has 2 aromatic heterocycles. The summed E-state index contributed by atoms with van der Waals surface area (Å²) in [5, 5.41) is 9.69. The second-order valence-electron chi connectivity index (χ2n) is 3.11. The first-order chi connectivity index (χ1) is 7.09. The normalized spacial score (nSPS) is 10.6. The minimum absolute atomic E-state index is 0.394. The van der Waals surface area contributed by atoms with Crippen LogP contribution in [0.3, 0.4) is 0 Å². The highest BCUT2D eigenvalue weighted by molar-refractivity contribution is 6.29. The van der Waals surface area contributed by atoms with Gasteiger partial charge >= 0.3 is 5.69 Å². The van der Waals surface area contributed by atoms with Crippen LogP contribution in [-0.2, 0) is 0 Å². The lowest BCUT2D eigenvalue weighted by Gasteiger charge is -2.06. The maximum atomic E-state index is 11.3. The number of aromatic amines is 1. The molecule has 0 fully saturated rings. The lowest BCUT2D eigenvalue weighted by molar-refractivity contribution is 0.766. The first-order valence-electron chi connectivity index (χ1n) is 4.24. The number of tetrazole rings is 1. The van der Waals surface area contributed by atoms with Crippen molar-refractivity contribution in [1.82, 2.24) is 25.2 Å². The Morgan fingerprint density at radius 1 is 1.47 bits per heavy atom. The molecule has 78 valence electrons. The van der Waals surface area contributed by atoms with Crippen LogP contribution < -0.4 is 5.69 Å². The Bertz CT molecular complexity index is 535. The van der Waals surface area contributed by atoms with E-state index in [1.165, 1.54) is 0 Å². The predicted octanol–water partition coefficient (Wildman–Crippen LogP) is 0.621. The molecule has 0 amide bonds. The number of pyridine rings is 1. The Morgan fingerprint density at radius 3 is 2.73 bits per heavy atom. The maximum Gasteiger partial charge on any atom is 0.365 e. The predicted molar refractivity (Wildman–Crippen MR) is 54.3 cm³/mol. The van der Waals surface area contributed by atoms with Crippen molar-refractivity contribution >= 4 is 11.6 Å². The van der Waals surface area contributed by atoms with E-state index < -0.39 is 5.69 Å². The lowest BCUT2D eigenvalue weighted by atomic mass is 10.2. The molecule has 0 atom stereocenters. The van der Waals surface area contributed by atoms with E-state index in [1.807, 2.05) is 6.92 Å². The molecular formula is C8H8ClN5O. The number of aryl methyl sites for hydroxylation is 2. The van der Waals surface area contributed by atoms with E-state index in [-0.39, 0.29) is 0 Å². The van der Waals surface area contributed by atoms with Gasteiger partial charge in [-0.05, 0) is 35.9 Å². The SMILES string of the molecule is Cc1cc(Cl)nc(C)c1-n1nn[nH]c1=O. The number of hydrogen-bond donors (Lipinski definition) is 1. The number of hydrogen-bond acceptors (Lipinski definition) is 4. The zero-order valence-electron chi connectivity index (χ0n) is 8.15. The van der Waals surface area contributed by atoms with Crippen molar-refractivity contribution in [3.63, 3.8) is 0 Å². The molecule has 6 nitrogen and oxygen atoms in total. The van der Waals surface area contributed by atoms with Crippen molar-refractivity contribution in [3.8, 4) is 5.69 Å². The standard InChI is InChI=1S/C8H8ClN5O/c1-4-3-6(9)10-5(2)7(4)14-8(15)11-12-13-14/h3H,1-2H3,(H,11,13,15). The van der Waals surface area contributed by atoms with Gasteiger partial charge in [-0.15, -0.1) is 0 Å². The van der Waals surface area contributed by atoms with Gasteiger partial charge in [-0.3, -0.25) is 0 Å². The molecule has 0 bridgehead atoms. The molecule has 0 aliphatic heterocycles. The molecule has 7 heteroatoms. The third-order valence-corrected chi connectivity index (χ3v) is 2.20. The van der Waals surface area contributed by atoms with Crippen LogP contribution in [0.2, 0.25) is 5.15 Å². The van der Waals surface area contributed by atoms with Crippen molar-refractivity contribution < 1.29 is 0 Å². The van der Waals surface area contributed by atoms with Crippen molar-refractivity contribution in [1.29, 1.82) is 0 Å². The van der Waals surface area contributed by atoms with Crippen LogP contribution in [0.15, 0.2) is 10.9 Å². The van der Waals surface area contributed by atoms with E-state index >= 15 is 0 Å². The van der Waals surface area contributed by atoms with Gasteiger partial charge < -0.3 is 0 Å².